The molecule has 0 radical (unpaired) electrons. The Morgan fingerprint density at radius 2 is 2.10 bits per heavy atom. The third-order valence-corrected chi connectivity index (χ3v) is 4.22. The molecule has 1 saturated carbocycles. The number of nitrogens with one attached hydrogen (secondary N) is 1. The predicted octanol–water partition coefficient (Wildman–Crippen LogP) is 1.72. The van der Waals surface area contributed by atoms with Gasteiger partial charge in [0.2, 0.25) is 0 Å². The molecule has 118 valence electrons. The molecule has 5 nitrogen and oxygen atoms in total. The van der Waals surface area contributed by atoms with Crippen molar-refractivity contribution in [3.8, 4) is 0 Å². The van der Waals surface area contributed by atoms with Gasteiger partial charge in [0.05, 0.1) is 6.61 Å². The Balaban J connectivity index is 2.43. The fourth-order valence-electron chi connectivity index (χ4n) is 2.77. The highest BCUT2D eigenvalue weighted by Crippen LogP contribution is 2.27. The molecular weight excluding hydrogens is 256 g/mol. The van der Waals surface area contributed by atoms with Crippen LogP contribution in [0, 0.1) is 0 Å². The number of nitrogens with zero attached hydrogens (tertiary/aromatic N) is 1. The molecule has 0 aromatic carbocycles. The predicted molar refractivity (Wildman–Crippen MR) is 80.0 cm³/mol. The number of methoxy groups -OCH3 is 1. The van der Waals surface area contributed by atoms with Gasteiger partial charge in [0.25, 0.3) is 0 Å². The third-order valence-electron chi connectivity index (χ3n) is 4.22. The summed E-state index contributed by atoms with van der Waals surface area (Å²) in [5.74, 6) is -0.725. The number of carboxylic acid groups (broad SMARTS) is 1. The first-order valence-electron chi connectivity index (χ1n) is 7.81. The molecule has 0 bridgehead atoms. The molecule has 1 aliphatic rings. The van der Waals surface area contributed by atoms with Crippen molar-refractivity contribution >= 4 is 5.97 Å². The summed E-state index contributed by atoms with van der Waals surface area (Å²) in [6, 6.07) is 0.699. The maximum absolute atomic E-state index is 11.5. The van der Waals surface area contributed by atoms with Crippen LogP contribution in [0.15, 0.2) is 0 Å². The molecule has 1 fully saturated rings. The van der Waals surface area contributed by atoms with Gasteiger partial charge in [0.15, 0.2) is 0 Å². The monoisotopic (exact) mass is 286 g/mol. The van der Waals surface area contributed by atoms with Gasteiger partial charge in [-0.05, 0) is 45.2 Å². The van der Waals surface area contributed by atoms with E-state index in [1.807, 2.05) is 13.8 Å². The minimum Gasteiger partial charge on any atom is -0.480 e. The highest BCUT2D eigenvalue weighted by molar-refractivity contribution is 5.78. The van der Waals surface area contributed by atoms with Gasteiger partial charge in [-0.3, -0.25) is 9.69 Å². The van der Waals surface area contributed by atoms with Crippen LogP contribution in [0.3, 0.4) is 0 Å². The van der Waals surface area contributed by atoms with E-state index < -0.39 is 11.5 Å². The van der Waals surface area contributed by atoms with Crippen LogP contribution in [0.1, 0.15) is 46.0 Å². The Morgan fingerprint density at radius 1 is 1.40 bits per heavy atom. The molecule has 1 unspecified atom stereocenters. The van der Waals surface area contributed by atoms with Crippen molar-refractivity contribution in [2.75, 3.05) is 33.4 Å². The lowest BCUT2D eigenvalue weighted by atomic mass is 9.90. The lowest BCUT2D eigenvalue weighted by Gasteiger charge is -2.30. The maximum Gasteiger partial charge on any atom is 0.323 e. The molecule has 0 spiro atoms. The Hall–Kier alpha value is -0.650. The van der Waals surface area contributed by atoms with Crippen molar-refractivity contribution in [1.82, 2.24) is 10.2 Å². The normalized spacial score (nSPS) is 18.2. The average molecular weight is 286 g/mol. The molecule has 1 rings (SSSR count). The van der Waals surface area contributed by atoms with Crippen molar-refractivity contribution in [2.24, 2.45) is 0 Å². The van der Waals surface area contributed by atoms with E-state index in [4.69, 9.17) is 4.74 Å². The van der Waals surface area contributed by atoms with Crippen LogP contribution in [-0.2, 0) is 9.53 Å². The van der Waals surface area contributed by atoms with Crippen molar-refractivity contribution in [3.05, 3.63) is 0 Å². The summed E-state index contributed by atoms with van der Waals surface area (Å²) >= 11 is 0. The standard InChI is InChI=1S/C15H30N2O3/c1-4-15(14(18)19,16-5-2)9-6-10-17(11-12-20-3)13-7-8-13/h13,16H,4-12H2,1-3H3,(H,18,19). The number of likely N-dealkylation sites (N-methyl/N-ethyl adjacent to an activating group) is 1. The fraction of sp³-hybridized carbons (Fsp3) is 0.933. The quantitative estimate of drug-likeness (QED) is 0.572. The van der Waals surface area contributed by atoms with E-state index >= 15 is 0 Å². The number of aliphatic carboxylic acids is 1. The molecule has 0 amide bonds. The molecule has 1 aliphatic carbocycles. The van der Waals surface area contributed by atoms with E-state index in [1.165, 1.54) is 12.8 Å². The van der Waals surface area contributed by atoms with E-state index in [0.717, 1.165) is 26.1 Å². The molecule has 0 aromatic rings. The second kappa shape index (κ2) is 8.60. The minimum atomic E-state index is -0.759. The van der Waals surface area contributed by atoms with Crippen molar-refractivity contribution in [1.29, 1.82) is 0 Å². The molecule has 5 heteroatoms. The third kappa shape index (κ3) is 5.04. The largest absolute Gasteiger partial charge is 0.480 e. The van der Waals surface area contributed by atoms with Crippen molar-refractivity contribution in [2.45, 2.75) is 57.5 Å². The molecule has 20 heavy (non-hydrogen) atoms. The van der Waals surface area contributed by atoms with Gasteiger partial charge < -0.3 is 15.2 Å². The zero-order valence-electron chi connectivity index (χ0n) is 13.2. The Morgan fingerprint density at radius 3 is 2.55 bits per heavy atom. The second-order valence-corrected chi connectivity index (χ2v) is 5.63. The van der Waals surface area contributed by atoms with Crippen molar-refractivity contribution in [3.63, 3.8) is 0 Å². The van der Waals surface area contributed by atoms with Crippen LogP contribution in [0.4, 0.5) is 0 Å². The summed E-state index contributed by atoms with van der Waals surface area (Å²) in [5.41, 5.74) is -0.759. The number of ether oxygens (including phenoxy) is 1. The van der Waals surface area contributed by atoms with E-state index in [2.05, 4.69) is 10.2 Å². The van der Waals surface area contributed by atoms with Gasteiger partial charge in [-0.15, -0.1) is 0 Å². The summed E-state index contributed by atoms with van der Waals surface area (Å²) < 4.78 is 5.15. The molecule has 0 heterocycles. The number of rotatable bonds is 12. The van der Waals surface area contributed by atoms with Crippen LogP contribution in [0.5, 0.6) is 0 Å². The SMILES string of the molecule is CCNC(CC)(CCCN(CCOC)C1CC1)C(=O)O. The van der Waals surface area contributed by atoms with E-state index in [9.17, 15) is 9.90 Å². The zero-order chi connectivity index (χ0) is 15.0. The summed E-state index contributed by atoms with van der Waals surface area (Å²) in [5, 5.41) is 12.7. The lowest BCUT2D eigenvalue weighted by molar-refractivity contribution is -0.145. The Bertz CT molecular complexity index is 295. The van der Waals surface area contributed by atoms with Crippen LogP contribution < -0.4 is 5.32 Å². The smallest absolute Gasteiger partial charge is 0.323 e. The van der Waals surface area contributed by atoms with E-state index in [1.54, 1.807) is 7.11 Å². The summed E-state index contributed by atoms with van der Waals surface area (Å²) in [7, 11) is 1.72. The first kappa shape index (κ1) is 17.4. The highest BCUT2D eigenvalue weighted by Gasteiger charge is 2.36. The summed E-state index contributed by atoms with van der Waals surface area (Å²) in [6.45, 7) is 7.27. The van der Waals surface area contributed by atoms with Gasteiger partial charge >= 0.3 is 5.97 Å². The van der Waals surface area contributed by atoms with E-state index in [0.29, 0.717) is 25.4 Å². The van der Waals surface area contributed by atoms with Crippen LogP contribution in [0.2, 0.25) is 0 Å². The molecule has 0 saturated heterocycles. The second-order valence-electron chi connectivity index (χ2n) is 5.63. The number of hydrogen-bond donors (Lipinski definition) is 2. The Kier molecular flexibility index (Phi) is 7.48. The summed E-state index contributed by atoms with van der Waals surface area (Å²) in [4.78, 5) is 14.0. The number of hydrogen-bond acceptors (Lipinski definition) is 4. The zero-order valence-corrected chi connectivity index (χ0v) is 13.2. The summed E-state index contributed by atoms with van der Waals surface area (Å²) in [6.07, 6.45) is 4.76. The van der Waals surface area contributed by atoms with Gasteiger partial charge in [0, 0.05) is 19.7 Å². The average Bonchev–Trinajstić information content (AvgIpc) is 3.25. The topological polar surface area (TPSA) is 61.8 Å². The molecule has 0 aliphatic heterocycles. The first-order chi connectivity index (χ1) is 9.59. The fourth-order valence-corrected chi connectivity index (χ4v) is 2.77. The lowest BCUT2D eigenvalue weighted by Crippen LogP contribution is -2.52. The van der Waals surface area contributed by atoms with E-state index in [-0.39, 0.29) is 0 Å². The highest BCUT2D eigenvalue weighted by atomic mass is 16.5. The van der Waals surface area contributed by atoms with Gasteiger partial charge in [-0.1, -0.05) is 13.8 Å². The van der Waals surface area contributed by atoms with Crippen LogP contribution in [-0.4, -0.2) is 60.9 Å². The van der Waals surface area contributed by atoms with Gasteiger partial charge in [-0.25, -0.2) is 0 Å². The minimum absolute atomic E-state index is 0.623. The molecular formula is C15H30N2O3. The molecule has 1 atom stereocenters. The number of carboxylic acids is 1. The number of carbonyl (C=O) groups is 1. The van der Waals surface area contributed by atoms with Gasteiger partial charge in [-0.2, -0.15) is 0 Å². The van der Waals surface area contributed by atoms with Crippen LogP contribution >= 0.6 is 0 Å². The van der Waals surface area contributed by atoms with Crippen LogP contribution in [0.25, 0.3) is 0 Å². The Labute approximate surface area is 122 Å². The molecule has 2 N–H and O–H groups in total. The molecule has 0 aromatic heterocycles. The first-order valence-corrected chi connectivity index (χ1v) is 7.81. The van der Waals surface area contributed by atoms with Crippen molar-refractivity contribution < 1.29 is 14.6 Å². The maximum atomic E-state index is 11.5. The van der Waals surface area contributed by atoms with Gasteiger partial charge in [0.1, 0.15) is 5.54 Å².